The molecule has 0 saturated heterocycles. The van der Waals surface area contributed by atoms with Gasteiger partial charge in [0, 0.05) is 44.5 Å². The number of nitrogens with one attached hydrogen (secondary N) is 1. The number of aromatic nitrogens is 3. The van der Waals surface area contributed by atoms with Gasteiger partial charge in [0.25, 0.3) is 0 Å². The van der Waals surface area contributed by atoms with Crippen molar-refractivity contribution < 1.29 is 0 Å². The van der Waals surface area contributed by atoms with Crippen molar-refractivity contribution in [1.29, 1.82) is 0 Å². The molecule has 0 radical (unpaired) electrons. The topological polar surface area (TPSA) is 53.9 Å². The van der Waals surface area contributed by atoms with Gasteiger partial charge in [0.05, 0.1) is 18.1 Å². The summed E-state index contributed by atoms with van der Waals surface area (Å²) in [5.74, 6) is 0.888. The number of anilines is 1. The van der Waals surface area contributed by atoms with Crippen LogP contribution in [0.15, 0.2) is 36.8 Å². The Bertz CT molecular complexity index is 524. The van der Waals surface area contributed by atoms with Gasteiger partial charge in [-0.15, -0.1) is 0 Å². The zero-order valence-corrected chi connectivity index (χ0v) is 13.0. The quantitative estimate of drug-likeness (QED) is 0.844. The van der Waals surface area contributed by atoms with Gasteiger partial charge in [-0.25, -0.2) is 4.98 Å². The number of likely N-dealkylation sites (N-methyl/N-ethyl adjacent to an activating group) is 1. The third kappa shape index (κ3) is 5.11. The van der Waals surface area contributed by atoms with Gasteiger partial charge < -0.3 is 10.2 Å². The lowest BCUT2D eigenvalue weighted by Crippen LogP contribution is -2.24. The Morgan fingerprint density at radius 3 is 2.57 bits per heavy atom. The highest BCUT2D eigenvalue weighted by Crippen LogP contribution is 2.08. The summed E-state index contributed by atoms with van der Waals surface area (Å²) in [4.78, 5) is 15.3. The van der Waals surface area contributed by atoms with Crippen molar-refractivity contribution in [3.8, 4) is 0 Å². The zero-order chi connectivity index (χ0) is 15.1. The number of hydrogen-bond donors (Lipinski definition) is 1. The van der Waals surface area contributed by atoms with Gasteiger partial charge in [-0.1, -0.05) is 19.9 Å². The average molecular weight is 285 g/mol. The van der Waals surface area contributed by atoms with E-state index in [2.05, 4.69) is 39.0 Å². The van der Waals surface area contributed by atoms with Gasteiger partial charge in [0.1, 0.15) is 5.82 Å². The molecule has 5 heteroatoms. The predicted molar refractivity (Wildman–Crippen MR) is 85.2 cm³/mol. The lowest BCUT2D eigenvalue weighted by atomic mass is 10.2. The summed E-state index contributed by atoms with van der Waals surface area (Å²) < 4.78 is 0. The van der Waals surface area contributed by atoms with E-state index in [1.807, 2.05) is 43.8 Å². The van der Waals surface area contributed by atoms with Crippen LogP contribution in [0, 0.1) is 0 Å². The van der Waals surface area contributed by atoms with Crippen molar-refractivity contribution in [1.82, 2.24) is 20.3 Å². The molecule has 2 heterocycles. The van der Waals surface area contributed by atoms with E-state index in [9.17, 15) is 0 Å². The molecule has 0 bridgehead atoms. The molecule has 0 aliphatic heterocycles. The summed E-state index contributed by atoms with van der Waals surface area (Å²) >= 11 is 0. The molecule has 0 atom stereocenters. The minimum absolute atomic E-state index is 0.451. The van der Waals surface area contributed by atoms with Gasteiger partial charge in [-0.2, -0.15) is 0 Å². The van der Waals surface area contributed by atoms with Crippen molar-refractivity contribution in [2.24, 2.45) is 0 Å². The first-order valence-corrected chi connectivity index (χ1v) is 7.30. The minimum atomic E-state index is 0.451. The Balaban J connectivity index is 1.86. The molecular weight excluding hydrogens is 262 g/mol. The van der Waals surface area contributed by atoms with E-state index >= 15 is 0 Å². The monoisotopic (exact) mass is 285 g/mol. The van der Waals surface area contributed by atoms with Crippen LogP contribution in [0.2, 0.25) is 0 Å². The highest BCUT2D eigenvalue weighted by molar-refractivity contribution is 5.34. The van der Waals surface area contributed by atoms with Crippen molar-refractivity contribution in [2.45, 2.75) is 32.9 Å². The van der Waals surface area contributed by atoms with Crippen molar-refractivity contribution in [3.63, 3.8) is 0 Å². The van der Waals surface area contributed by atoms with E-state index in [0.29, 0.717) is 6.04 Å². The van der Waals surface area contributed by atoms with Crippen LogP contribution in [0.1, 0.15) is 25.2 Å². The van der Waals surface area contributed by atoms with E-state index in [4.69, 9.17) is 0 Å². The van der Waals surface area contributed by atoms with Crippen LogP contribution in [0.25, 0.3) is 0 Å². The summed E-state index contributed by atoms with van der Waals surface area (Å²) in [5, 5.41) is 3.33. The SMILES string of the molecule is CC(C)NCc1cnc(N(C)CCc2ccccn2)cn1. The Morgan fingerprint density at radius 1 is 1.10 bits per heavy atom. The van der Waals surface area contributed by atoms with Crippen molar-refractivity contribution in [2.75, 3.05) is 18.5 Å². The Morgan fingerprint density at radius 2 is 1.95 bits per heavy atom. The molecule has 5 nitrogen and oxygen atoms in total. The molecule has 0 aliphatic carbocycles. The number of hydrogen-bond acceptors (Lipinski definition) is 5. The molecule has 1 N–H and O–H groups in total. The summed E-state index contributed by atoms with van der Waals surface area (Å²) in [6.07, 6.45) is 6.39. The number of rotatable bonds is 7. The minimum Gasteiger partial charge on any atom is -0.358 e. The van der Waals surface area contributed by atoms with Crippen LogP contribution < -0.4 is 10.2 Å². The summed E-state index contributed by atoms with van der Waals surface area (Å²) in [5.41, 5.74) is 2.06. The van der Waals surface area contributed by atoms with Crippen molar-refractivity contribution >= 4 is 5.82 Å². The van der Waals surface area contributed by atoms with E-state index < -0.39 is 0 Å². The van der Waals surface area contributed by atoms with Crippen LogP contribution in [-0.4, -0.2) is 34.6 Å². The lowest BCUT2D eigenvalue weighted by molar-refractivity contribution is 0.580. The van der Waals surface area contributed by atoms with Crippen LogP contribution in [0.4, 0.5) is 5.82 Å². The first-order valence-electron chi connectivity index (χ1n) is 7.30. The fourth-order valence-corrected chi connectivity index (χ4v) is 1.89. The zero-order valence-electron chi connectivity index (χ0n) is 13.0. The van der Waals surface area contributed by atoms with Gasteiger partial charge in [-0.05, 0) is 12.1 Å². The molecule has 2 rings (SSSR count). The Labute approximate surface area is 126 Å². The summed E-state index contributed by atoms with van der Waals surface area (Å²) in [6.45, 7) is 5.86. The molecule has 0 aromatic carbocycles. The van der Waals surface area contributed by atoms with E-state index in [1.54, 1.807) is 0 Å². The predicted octanol–water partition coefficient (Wildman–Crippen LogP) is 2.05. The Kier molecular flexibility index (Phi) is 5.63. The molecule has 0 fully saturated rings. The largest absolute Gasteiger partial charge is 0.358 e. The van der Waals surface area contributed by atoms with Crippen molar-refractivity contribution in [3.05, 3.63) is 48.2 Å². The molecule has 0 saturated carbocycles. The molecule has 0 unspecified atom stereocenters. The molecule has 0 amide bonds. The summed E-state index contributed by atoms with van der Waals surface area (Å²) in [7, 11) is 2.03. The standard InChI is InChI=1S/C16H23N5/c1-13(2)18-10-15-11-20-16(12-19-15)21(3)9-7-14-6-4-5-8-17-14/h4-6,8,11-13,18H,7,9-10H2,1-3H3. The van der Waals surface area contributed by atoms with Gasteiger partial charge in [0.15, 0.2) is 0 Å². The Hall–Kier alpha value is -2.01. The smallest absolute Gasteiger partial charge is 0.146 e. The second kappa shape index (κ2) is 7.69. The van der Waals surface area contributed by atoms with Gasteiger partial charge in [0.2, 0.25) is 0 Å². The third-order valence-electron chi connectivity index (χ3n) is 3.20. The molecule has 21 heavy (non-hydrogen) atoms. The first kappa shape index (κ1) is 15.4. The van der Waals surface area contributed by atoms with Crippen LogP contribution in [-0.2, 0) is 13.0 Å². The molecular formula is C16H23N5. The fourth-order valence-electron chi connectivity index (χ4n) is 1.89. The average Bonchev–Trinajstić information content (AvgIpc) is 2.52. The molecule has 2 aromatic rings. The third-order valence-corrected chi connectivity index (χ3v) is 3.20. The highest BCUT2D eigenvalue weighted by atomic mass is 15.2. The van der Waals surface area contributed by atoms with E-state index in [0.717, 1.165) is 36.7 Å². The molecule has 112 valence electrons. The fraction of sp³-hybridized carbons (Fsp3) is 0.438. The lowest BCUT2D eigenvalue weighted by Gasteiger charge is -2.17. The number of nitrogens with zero attached hydrogens (tertiary/aromatic N) is 4. The molecule has 0 aliphatic rings. The second-order valence-corrected chi connectivity index (χ2v) is 5.39. The van der Waals surface area contributed by atoms with E-state index in [1.165, 1.54) is 0 Å². The maximum atomic E-state index is 4.47. The summed E-state index contributed by atoms with van der Waals surface area (Å²) in [6, 6.07) is 6.44. The molecule has 0 spiro atoms. The highest BCUT2D eigenvalue weighted by Gasteiger charge is 2.05. The number of pyridine rings is 1. The first-order chi connectivity index (χ1) is 10.1. The van der Waals surface area contributed by atoms with Gasteiger partial charge in [-0.3, -0.25) is 9.97 Å². The maximum Gasteiger partial charge on any atom is 0.146 e. The maximum absolute atomic E-state index is 4.47. The van der Waals surface area contributed by atoms with Gasteiger partial charge >= 0.3 is 0 Å². The van der Waals surface area contributed by atoms with E-state index in [-0.39, 0.29) is 0 Å². The van der Waals surface area contributed by atoms with Crippen LogP contribution in [0.5, 0.6) is 0 Å². The molecule has 2 aromatic heterocycles. The van der Waals surface area contributed by atoms with Crippen LogP contribution >= 0.6 is 0 Å². The van der Waals surface area contributed by atoms with Crippen LogP contribution in [0.3, 0.4) is 0 Å². The normalized spacial score (nSPS) is 10.9. The second-order valence-electron chi connectivity index (χ2n) is 5.39.